The molecule has 60 valence electrons. The molecule has 0 atom stereocenters. The third kappa shape index (κ3) is 2.04. The lowest BCUT2D eigenvalue weighted by molar-refractivity contribution is 0.482. The molecule has 0 aromatic heterocycles. The third-order valence-corrected chi connectivity index (χ3v) is 4.11. The van der Waals surface area contributed by atoms with Crippen molar-refractivity contribution >= 4 is 47.8 Å². The van der Waals surface area contributed by atoms with Gasteiger partial charge in [-0.25, -0.2) is 4.39 Å². The molecule has 1 aromatic carbocycles. The van der Waals surface area contributed by atoms with E-state index in [-0.39, 0.29) is 0 Å². The predicted octanol–water partition coefficient (Wildman–Crippen LogP) is 4.44. The van der Waals surface area contributed by atoms with Crippen LogP contribution >= 0.6 is 47.8 Å². The van der Waals surface area contributed by atoms with E-state index in [1.165, 1.54) is 0 Å². The Morgan fingerprint density at radius 1 is 1.09 bits per heavy atom. The second-order valence-corrected chi connectivity index (χ2v) is 4.46. The zero-order valence-corrected chi connectivity index (χ0v) is 10.1. The number of rotatable bonds is 1. The molecule has 1 rings (SSSR count). The first-order valence-electron chi connectivity index (χ1n) is 2.85. The minimum Gasteiger partial charge on any atom is -0.246 e. The zero-order chi connectivity index (χ0) is 8.43. The van der Waals surface area contributed by atoms with Crippen LogP contribution in [0.1, 0.15) is 5.56 Å². The first kappa shape index (κ1) is 9.68. The maximum absolute atomic E-state index is 12.3. The summed E-state index contributed by atoms with van der Waals surface area (Å²) in [5.41, 5.74) is 0.638. The van der Waals surface area contributed by atoms with E-state index >= 15 is 0 Å². The Kier molecular flexibility index (Phi) is 3.52. The van der Waals surface area contributed by atoms with Gasteiger partial charge in [0.15, 0.2) is 0 Å². The summed E-state index contributed by atoms with van der Waals surface area (Å²) in [5, 5.41) is 0. The highest BCUT2D eigenvalue weighted by Gasteiger charge is 2.06. The molecule has 1 aromatic rings. The molecule has 0 saturated carbocycles. The standard InChI is InChI=1S/C7H4Br3F/c8-5-1-2-6(9)7(10)4(5)3-11/h1-2H,3H2. The summed E-state index contributed by atoms with van der Waals surface area (Å²) in [6, 6.07) is 3.66. The Bertz CT molecular complexity index is 273. The lowest BCUT2D eigenvalue weighted by atomic mass is 10.2. The molecule has 0 aliphatic rings. The van der Waals surface area contributed by atoms with Crippen LogP contribution in [0.2, 0.25) is 0 Å². The van der Waals surface area contributed by atoms with Gasteiger partial charge in [0.2, 0.25) is 0 Å². The summed E-state index contributed by atoms with van der Waals surface area (Å²) in [6.07, 6.45) is 0. The molecule has 0 saturated heterocycles. The molecule has 0 heterocycles. The van der Waals surface area contributed by atoms with Gasteiger partial charge >= 0.3 is 0 Å². The van der Waals surface area contributed by atoms with E-state index in [1.54, 1.807) is 0 Å². The Morgan fingerprint density at radius 3 is 2.09 bits per heavy atom. The molecule has 11 heavy (non-hydrogen) atoms. The molecular formula is C7H4Br3F. The van der Waals surface area contributed by atoms with Gasteiger partial charge in [-0.05, 0) is 44.0 Å². The van der Waals surface area contributed by atoms with E-state index in [2.05, 4.69) is 47.8 Å². The quantitative estimate of drug-likeness (QED) is 0.659. The molecule has 0 nitrogen and oxygen atoms in total. The van der Waals surface area contributed by atoms with Crippen LogP contribution in [0.15, 0.2) is 25.6 Å². The molecular weight excluding hydrogens is 343 g/mol. The lowest BCUT2D eigenvalue weighted by Crippen LogP contribution is -1.84. The SMILES string of the molecule is FCc1c(Br)ccc(Br)c1Br. The summed E-state index contributed by atoms with van der Waals surface area (Å²) in [6.45, 7) is -0.472. The fraction of sp³-hybridized carbons (Fsp3) is 0.143. The number of hydrogen-bond acceptors (Lipinski definition) is 0. The molecule has 0 unspecified atom stereocenters. The maximum atomic E-state index is 12.3. The van der Waals surface area contributed by atoms with Crippen molar-refractivity contribution in [2.45, 2.75) is 6.67 Å². The van der Waals surface area contributed by atoms with Gasteiger partial charge in [-0.1, -0.05) is 15.9 Å². The highest BCUT2D eigenvalue weighted by Crippen LogP contribution is 2.32. The minimum atomic E-state index is -0.472. The van der Waals surface area contributed by atoms with Crippen LogP contribution in [0.25, 0.3) is 0 Å². The molecule has 0 aliphatic heterocycles. The molecule has 4 heteroatoms. The molecule has 0 spiro atoms. The molecule has 0 bridgehead atoms. The average Bonchev–Trinajstić information content (AvgIpc) is 1.99. The molecule has 0 aliphatic carbocycles. The van der Waals surface area contributed by atoms with Crippen LogP contribution in [0.4, 0.5) is 4.39 Å². The second-order valence-electron chi connectivity index (χ2n) is 1.96. The van der Waals surface area contributed by atoms with E-state index in [1.807, 2.05) is 12.1 Å². The smallest absolute Gasteiger partial charge is 0.117 e. The van der Waals surface area contributed by atoms with Gasteiger partial charge in [-0.3, -0.25) is 0 Å². The van der Waals surface area contributed by atoms with Gasteiger partial charge in [-0.2, -0.15) is 0 Å². The molecule has 0 radical (unpaired) electrons. The summed E-state index contributed by atoms with van der Waals surface area (Å²) in [7, 11) is 0. The first-order chi connectivity index (χ1) is 5.16. The van der Waals surface area contributed by atoms with E-state index in [0.717, 1.165) is 13.4 Å². The van der Waals surface area contributed by atoms with Gasteiger partial charge in [0.05, 0.1) is 0 Å². The summed E-state index contributed by atoms with van der Waals surface area (Å²) < 4.78 is 14.8. The fourth-order valence-electron chi connectivity index (χ4n) is 0.692. The van der Waals surface area contributed by atoms with Crippen molar-refractivity contribution in [1.29, 1.82) is 0 Å². The Morgan fingerprint density at radius 2 is 1.64 bits per heavy atom. The highest BCUT2D eigenvalue weighted by molar-refractivity contribution is 9.13. The average molecular weight is 347 g/mol. The van der Waals surface area contributed by atoms with Crippen LogP contribution in [-0.4, -0.2) is 0 Å². The Labute approximate surface area is 89.6 Å². The van der Waals surface area contributed by atoms with Crippen molar-refractivity contribution in [2.75, 3.05) is 0 Å². The lowest BCUT2D eigenvalue weighted by Gasteiger charge is -2.03. The predicted molar refractivity (Wildman–Crippen MR) is 54.4 cm³/mol. The van der Waals surface area contributed by atoms with E-state index in [4.69, 9.17) is 0 Å². The summed E-state index contributed by atoms with van der Waals surface area (Å²) in [5.74, 6) is 0. The number of halogens is 4. The normalized spacial score (nSPS) is 10.2. The zero-order valence-electron chi connectivity index (χ0n) is 5.37. The number of hydrogen-bond donors (Lipinski definition) is 0. The first-order valence-corrected chi connectivity index (χ1v) is 5.23. The van der Waals surface area contributed by atoms with Crippen LogP contribution in [-0.2, 0) is 6.67 Å². The van der Waals surface area contributed by atoms with Crippen LogP contribution in [0.5, 0.6) is 0 Å². The van der Waals surface area contributed by atoms with Crippen molar-refractivity contribution in [3.8, 4) is 0 Å². The van der Waals surface area contributed by atoms with Crippen molar-refractivity contribution in [1.82, 2.24) is 0 Å². The monoisotopic (exact) mass is 344 g/mol. The van der Waals surface area contributed by atoms with Gasteiger partial charge < -0.3 is 0 Å². The van der Waals surface area contributed by atoms with Crippen LogP contribution in [0.3, 0.4) is 0 Å². The van der Waals surface area contributed by atoms with E-state index in [9.17, 15) is 4.39 Å². The third-order valence-electron chi connectivity index (χ3n) is 1.27. The number of alkyl halides is 1. The van der Waals surface area contributed by atoms with Crippen molar-refractivity contribution < 1.29 is 4.39 Å². The van der Waals surface area contributed by atoms with Gasteiger partial charge in [0, 0.05) is 19.0 Å². The van der Waals surface area contributed by atoms with Crippen molar-refractivity contribution in [3.63, 3.8) is 0 Å². The van der Waals surface area contributed by atoms with E-state index < -0.39 is 6.67 Å². The Balaban J connectivity index is 3.29. The fourth-order valence-corrected chi connectivity index (χ4v) is 2.22. The summed E-state index contributed by atoms with van der Waals surface area (Å²) in [4.78, 5) is 0. The molecule has 0 N–H and O–H groups in total. The largest absolute Gasteiger partial charge is 0.246 e. The Hall–Kier alpha value is 0.590. The van der Waals surface area contributed by atoms with Gasteiger partial charge in [-0.15, -0.1) is 0 Å². The molecule has 0 fully saturated rings. The van der Waals surface area contributed by atoms with Crippen LogP contribution in [0, 0.1) is 0 Å². The molecule has 0 amide bonds. The summed E-state index contributed by atoms with van der Waals surface area (Å²) >= 11 is 9.81. The van der Waals surface area contributed by atoms with Crippen LogP contribution < -0.4 is 0 Å². The van der Waals surface area contributed by atoms with E-state index in [0.29, 0.717) is 5.56 Å². The number of benzene rings is 1. The van der Waals surface area contributed by atoms with Crippen molar-refractivity contribution in [2.24, 2.45) is 0 Å². The minimum absolute atomic E-state index is 0.472. The second kappa shape index (κ2) is 4.01. The van der Waals surface area contributed by atoms with Gasteiger partial charge in [0.25, 0.3) is 0 Å². The topological polar surface area (TPSA) is 0 Å². The van der Waals surface area contributed by atoms with Crippen molar-refractivity contribution in [3.05, 3.63) is 31.1 Å². The highest BCUT2D eigenvalue weighted by atomic mass is 79.9. The van der Waals surface area contributed by atoms with Gasteiger partial charge in [0.1, 0.15) is 6.67 Å². The maximum Gasteiger partial charge on any atom is 0.117 e.